The Bertz CT molecular complexity index is 923. The predicted octanol–water partition coefficient (Wildman–Crippen LogP) is 5.66. The van der Waals surface area contributed by atoms with Gasteiger partial charge in [0.2, 0.25) is 0 Å². The van der Waals surface area contributed by atoms with Gasteiger partial charge in [0.05, 0.1) is 35.8 Å². The maximum absolute atomic E-state index is 13.7. The smallest absolute Gasteiger partial charge is 0.348 e. The van der Waals surface area contributed by atoms with Crippen molar-refractivity contribution in [3.05, 3.63) is 64.5 Å². The maximum Gasteiger partial charge on any atom is 0.418 e. The first-order chi connectivity index (χ1) is 11.9. The van der Waals surface area contributed by atoms with E-state index in [1.54, 1.807) is 22.6 Å². The summed E-state index contributed by atoms with van der Waals surface area (Å²) in [6, 6.07) is 2.38. The highest BCUT2D eigenvalue weighted by Crippen LogP contribution is 2.44. The quantitative estimate of drug-likeness (QED) is 0.190. The lowest BCUT2D eigenvalue weighted by Crippen LogP contribution is -2.12. The molecule has 7 nitrogen and oxygen atoms in total. The van der Waals surface area contributed by atoms with Crippen LogP contribution in [0.5, 0.6) is 0 Å². The topological polar surface area (TPSA) is 98.3 Å². The molecule has 0 heterocycles. The lowest BCUT2D eigenvalue weighted by atomic mass is 10.1. The van der Waals surface area contributed by atoms with E-state index in [2.05, 4.69) is 5.32 Å². The fourth-order valence-electron chi connectivity index (χ4n) is 1.97. The first-order valence-corrected chi connectivity index (χ1v) is 7.83. The number of nitro benzene ring substituents is 2. The van der Waals surface area contributed by atoms with Crippen molar-refractivity contribution >= 4 is 56.9 Å². The molecule has 2 rings (SSSR count). The maximum atomic E-state index is 13.7. The molecule has 0 radical (unpaired) electrons. The summed E-state index contributed by atoms with van der Waals surface area (Å²) in [5, 5.41) is 23.8. The van der Waals surface area contributed by atoms with Crippen molar-refractivity contribution in [1.82, 2.24) is 0 Å². The van der Waals surface area contributed by atoms with E-state index < -0.39 is 44.5 Å². The zero-order chi connectivity index (χ0) is 19.8. The van der Waals surface area contributed by atoms with Gasteiger partial charge in [0, 0.05) is 6.07 Å². The SMILES string of the molecule is O=[N+]([O-])c1cc([N+](=O)[O-])c(Nc2cc(F)c(I)cc2Cl)c(C(F)(F)F)c1. The van der Waals surface area contributed by atoms with Crippen molar-refractivity contribution in [1.29, 1.82) is 0 Å². The summed E-state index contributed by atoms with van der Waals surface area (Å²) in [4.78, 5) is 19.5. The van der Waals surface area contributed by atoms with Crippen LogP contribution in [0.3, 0.4) is 0 Å². The van der Waals surface area contributed by atoms with Crippen molar-refractivity contribution < 1.29 is 27.4 Å². The number of nitrogens with one attached hydrogen (secondary N) is 1. The van der Waals surface area contributed by atoms with Crippen molar-refractivity contribution in [3.8, 4) is 0 Å². The second-order valence-electron chi connectivity index (χ2n) is 4.77. The molecule has 13 heteroatoms. The van der Waals surface area contributed by atoms with E-state index in [-0.39, 0.29) is 20.3 Å². The van der Waals surface area contributed by atoms with Gasteiger partial charge < -0.3 is 5.32 Å². The van der Waals surface area contributed by atoms with E-state index in [1.807, 2.05) is 0 Å². The number of hydrogen-bond donors (Lipinski definition) is 1. The number of alkyl halides is 3. The van der Waals surface area contributed by atoms with Crippen molar-refractivity contribution in [2.24, 2.45) is 0 Å². The monoisotopic (exact) mass is 505 g/mol. The number of nitrogens with zero attached hydrogens (tertiary/aromatic N) is 2. The molecule has 0 unspecified atom stereocenters. The summed E-state index contributed by atoms with van der Waals surface area (Å²) in [6.07, 6.45) is -5.16. The molecule has 0 saturated heterocycles. The molecule has 0 aliphatic heterocycles. The second kappa shape index (κ2) is 7.19. The van der Waals surface area contributed by atoms with Crippen LogP contribution in [-0.2, 0) is 6.18 Å². The molecule has 0 amide bonds. The van der Waals surface area contributed by atoms with Gasteiger partial charge >= 0.3 is 6.18 Å². The molecule has 0 spiro atoms. The molecule has 1 N–H and O–H groups in total. The third-order valence-corrected chi connectivity index (χ3v) is 4.22. The highest BCUT2D eigenvalue weighted by molar-refractivity contribution is 14.1. The van der Waals surface area contributed by atoms with Gasteiger partial charge in [-0.1, -0.05) is 11.6 Å². The van der Waals surface area contributed by atoms with Gasteiger partial charge in [0.1, 0.15) is 11.5 Å². The number of halogens is 6. The minimum absolute atomic E-state index is 0.0763. The number of non-ortho nitro benzene ring substituents is 1. The number of rotatable bonds is 4. The Kier molecular flexibility index (Phi) is 5.55. The van der Waals surface area contributed by atoms with Crippen LogP contribution in [0.25, 0.3) is 0 Å². The van der Waals surface area contributed by atoms with E-state index in [0.29, 0.717) is 6.07 Å². The fraction of sp³-hybridized carbons (Fsp3) is 0.0769. The summed E-state index contributed by atoms with van der Waals surface area (Å²) in [5.74, 6) is -0.823. The second-order valence-corrected chi connectivity index (χ2v) is 6.34. The predicted molar refractivity (Wildman–Crippen MR) is 92.2 cm³/mol. The minimum atomic E-state index is -5.16. The van der Waals surface area contributed by atoms with Gasteiger partial charge in [-0.2, -0.15) is 13.2 Å². The van der Waals surface area contributed by atoms with Crippen LogP contribution in [0.2, 0.25) is 5.02 Å². The number of nitro groups is 2. The summed E-state index contributed by atoms with van der Waals surface area (Å²) in [6.45, 7) is 0. The van der Waals surface area contributed by atoms with Crippen LogP contribution in [-0.4, -0.2) is 9.85 Å². The minimum Gasteiger partial charge on any atom is -0.348 e. The fourth-order valence-corrected chi connectivity index (χ4v) is 2.83. The Labute approximate surface area is 160 Å². The summed E-state index contributed by atoms with van der Waals surface area (Å²) < 4.78 is 53.6. The Hall–Kier alpha value is -2.22. The van der Waals surface area contributed by atoms with E-state index in [0.717, 1.165) is 12.1 Å². The van der Waals surface area contributed by atoms with Crippen molar-refractivity contribution in [3.63, 3.8) is 0 Å². The molecule has 0 saturated carbocycles. The number of anilines is 2. The number of benzene rings is 2. The molecule has 0 bridgehead atoms. The summed E-state index contributed by atoms with van der Waals surface area (Å²) in [5.41, 5.74) is -5.44. The van der Waals surface area contributed by atoms with Crippen LogP contribution in [0.4, 0.5) is 40.3 Å². The van der Waals surface area contributed by atoms with Gasteiger partial charge in [-0.25, -0.2) is 4.39 Å². The highest BCUT2D eigenvalue weighted by atomic mass is 127. The molecular weight excluding hydrogens is 501 g/mol. The Balaban J connectivity index is 2.76. The van der Waals surface area contributed by atoms with E-state index >= 15 is 0 Å². The van der Waals surface area contributed by atoms with E-state index in [1.165, 1.54) is 0 Å². The normalized spacial score (nSPS) is 11.3. The van der Waals surface area contributed by atoms with Gasteiger partial charge in [0.15, 0.2) is 0 Å². The van der Waals surface area contributed by atoms with E-state index in [9.17, 15) is 37.8 Å². The lowest BCUT2D eigenvalue weighted by Gasteiger charge is -2.16. The molecule has 138 valence electrons. The van der Waals surface area contributed by atoms with Crippen LogP contribution in [0.15, 0.2) is 24.3 Å². The van der Waals surface area contributed by atoms with Crippen LogP contribution < -0.4 is 5.32 Å². The summed E-state index contributed by atoms with van der Waals surface area (Å²) in [7, 11) is 0. The molecule has 0 atom stereocenters. The zero-order valence-electron chi connectivity index (χ0n) is 12.1. The first-order valence-electron chi connectivity index (χ1n) is 6.37. The highest BCUT2D eigenvalue weighted by Gasteiger charge is 2.39. The lowest BCUT2D eigenvalue weighted by molar-refractivity contribution is -0.394. The van der Waals surface area contributed by atoms with Gasteiger partial charge in [-0.15, -0.1) is 0 Å². The average molecular weight is 506 g/mol. The molecule has 26 heavy (non-hydrogen) atoms. The van der Waals surface area contributed by atoms with Gasteiger partial charge in [0.25, 0.3) is 11.4 Å². The summed E-state index contributed by atoms with van der Waals surface area (Å²) >= 11 is 7.43. The van der Waals surface area contributed by atoms with Crippen molar-refractivity contribution in [2.45, 2.75) is 6.18 Å². The Morgan fingerprint density at radius 2 is 1.69 bits per heavy atom. The largest absolute Gasteiger partial charge is 0.418 e. The third kappa shape index (κ3) is 4.12. The Morgan fingerprint density at radius 1 is 1.08 bits per heavy atom. The number of hydrogen-bond acceptors (Lipinski definition) is 5. The average Bonchev–Trinajstić information content (AvgIpc) is 2.50. The molecular formula is C13H5ClF4IN3O4. The standard InChI is InChI=1S/C13H5ClF4IN3O4/c14-7-3-9(19)8(15)4-10(7)20-12-6(13(16,17)18)1-5(21(23)24)2-11(12)22(25)26/h1-4,20H. The van der Waals surface area contributed by atoms with Gasteiger partial charge in [-0.3, -0.25) is 20.2 Å². The van der Waals surface area contributed by atoms with Crippen molar-refractivity contribution in [2.75, 3.05) is 5.32 Å². The van der Waals surface area contributed by atoms with Crippen LogP contribution in [0, 0.1) is 29.6 Å². The first kappa shape index (κ1) is 20.1. The zero-order valence-corrected chi connectivity index (χ0v) is 15.0. The molecule has 2 aromatic rings. The van der Waals surface area contributed by atoms with Crippen LogP contribution in [0.1, 0.15) is 5.56 Å². The molecule has 0 aliphatic carbocycles. The molecule has 2 aromatic carbocycles. The Morgan fingerprint density at radius 3 is 2.19 bits per heavy atom. The van der Waals surface area contributed by atoms with E-state index in [4.69, 9.17) is 11.6 Å². The van der Waals surface area contributed by atoms with Gasteiger partial charge in [-0.05, 0) is 34.7 Å². The molecule has 0 aliphatic rings. The van der Waals surface area contributed by atoms with Crippen LogP contribution >= 0.6 is 34.2 Å². The molecule has 0 aromatic heterocycles. The molecule has 0 fully saturated rings. The third-order valence-electron chi connectivity index (χ3n) is 3.08.